The molecule has 1 heterocycles. The van der Waals surface area contributed by atoms with E-state index in [1.165, 1.54) is 10.9 Å². The van der Waals surface area contributed by atoms with Crippen LogP contribution < -0.4 is 11.1 Å². The topological polar surface area (TPSA) is 116 Å². The number of nitrogen functional groups attached to an aromatic ring is 1. The van der Waals surface area contributed by atoms with Gasteiger partial charge in [0.15, 0.2) is 5.78 Å². The van der Waals surface area contributed by atoms with Crippen LogP contribution in [0.15, 0.2) is 85.1 Å². The molecule has 1 amide bonds. The third-order valence-corrected chi connectivity index (χ3v) is 5.13. The van der Waals surface area contributed by atoms with Crippen LogP contribution in [0.4, 0.5) is 11.5 Å². The summed E-state index contributed by atoms with van der Waals surface area (Å²) in [5, 5.41) is 6.96. The van der Waals surface area contributed by atoms with Gasteiger partial charge in [0.25, 0.3) is 5.91 Å². The molecule has 3 N–H and O–H groups in total. The van der Waals surface area contributed by atoms with Gasteiger partial charge in [0.1, 0.15) is 11.4 Å². The Morgan fingerprint density at radius 1 is 0.882 bits per heavy atom. The largest absolute Gasteiger partial charge is 0.462 e. The van der Waals surface area contributed by atoms with Crippen molar-refractivity contribution >= 4 is 29.2 Å². The Kier molecular flexibility index (Phi) is 6.49. The molecule has 4 aromatic rings. The lowest BCUT2D eigenvalue weighted by molar-refractivity contribution is 0.0527. The molecule has 8 heteroatoms. The lowest BCUT2D eigenvalue weighted by atomic mass is 10.0. The van der Waals surface area contributed by atoms with Gasteiger partial charge in [0.2, 0.25) is 0 Å². The normalized spacial score (nSPS) is 10.5. The predicted molar refractivity (Wildman–Crippen MR) is 128 cm³/mol. The van der Waals surface area contributed by atoms with E-state index in [1.807, 2.05) is 6.07 Å². The number of rotatable bonds is 7. The van der Waals surface area contributed by atoms with Crippen LogP contribution in [-0.2, 0) is 4.74 Å². The molecule has 0 bridgehead atoms. The fourth-order valence-corrected chi connectivity index (χ4v) is 3.41. The van der Waals surface area contributed by atoms with Crippen molar-refractivity contribution in [3.05, 3.63) is 107 Å². The van der Waals surface area contributed by atoms with Gasteiger partial charge in [-0.25, -0.2) is 9.48 Å². The molecular weight excluding hydrogens is 432 g/mol. The number of anilines is 2. The Balaban J connectivity index is 1.53. The summed E-state index contributed by atoms with van der Waals surface area (Å²) in [6.07, 6.45) is 1.34. The van der Waals surface area contributed by atoms with E-state index < -0.39 is 5.97 Å². The van der Waals surface area contributed by atoms with Crippen molar-refractivity contribution in [2.75, 3.05) is 17.7 Å². The molecule has 34 heavy (non-hydrogen) atoms. The highest BCUT2D eigenvalue weighted by molar-refractivity contribution is 6.15. The molecule has 3 aromatic carbocycles. The van der Waals surface area contributed by atoms with Crippen LogP contribution >= 0.6 is 0 Å². The highest BCUT2D eigenvalue weighted by Crippen LogP contribution is 2.22. The Morgan fingerprint density at radius 3 is 2.26 bits per heavy atom. The molecule has 0 saturated heterocycles. The number of nitrogens with one attached hydrogen (secondary N) is 1. The van der Waals surface area contributed by atoms with E-state index in [1.54, 1.807) is 79.7 Å². The number of carbonyl (C=O) groups excluding carboxylic acids is 3. The third-order valence-electron chi connectivity index (χ3n) is 5.13. The van der Waals surface area contributed by atoms with Crippen molar-refractivity contribution < 1.29 is 19.1 Å². The summed E-state index contributed by atoms with van der Waals surface area (Å²) in [6, 6.07) is 22.3. The van der Waals surface area contributed by atoms with Gasteiger partial charge in [-0.05, 0) is 43.3 Å². The second-order valence-corrected chi connectivity index (χ2v) is 7.32. The van der Waals surface area contributed by atoms with Crippen LogP contribution in [0.1, 0.15) is 43.6 Å². The first-order chi connectivity index (χ1) is 16.5. The summed E-state index contributed by atoms with van der Waals surface area (Å²) in [5.41, 5.74) is 8.52. The van der Waals surface area contributed by atoms with E-state index in [2.05, 4.69) is 10.4 Å². The number of hydrogen-bond donors (Lipinski definition) is 2. The smallest absolute Gasteiger partial charge is 0.343 e. The van der Waals surface area contributed by atoms with Crippen LogP contribution in [0.2, 0.25) is 0 Å². The zero-order chi connectivity index (χ0) is 24.1. The summed E-state index contributed by atoms with van der Waals surface area (Å²) in [6.45, 7) is 1.94. The Hall–Kier alpha value is -4.72. The number of para-hydroxylation sites is 1. The summed E-state index contributed by atoms with van der Waals surface area (Å²) in [7, 11) is 0. The number of carbonyl (C=O) groups is 3. The average molecular weight is 454 g/mol. The minimum absolute atomic E-state index is 0.143. The van der Waals surface area contributed by atoms with Crippen molar-refractivity contribution in [3.8, 4) is 5.69 Å². The van der Waals surface area contributed by atoms with Crippen molar-refractivity contribution in [1.82, 2.24) is 9.78 Å². The van der Waals surface area contributed by atoms with Crippen LogP contribution in [0.5, 0.6) is 0 Å². The molecule has 1 aromatic heterocycles. The van der Waals surface area contributed by atoms with Crippen LogP contribution in [0.25, 0.3) is 5.69 Å². The summed E-state index contributed by atoms with van der Waals surface area (Å²) in [4.78, 5) is 37.7. The number of ether oxygens (including phenoxy) is 1. The fourth-order valence-electron chi connectivity index (χ4n) is 3.41. The van der Waals surface area contributed by atoms with Gasteiger partial charge in [-0.1, -0.05) is 42.5 Å². The molecule has 170 valence electrons. The maximum absolute atomic E-state index is 12.9. The lowest BCUT2D eigenvalue weighted by Gasteiger charge is -2.11. The minimum atomic E-state index is -0.550. The minimum Gasteiger partial charge on any atom is -0.462 e. The van der Waals surface area contributed by atoms with Crippen molar-refractivity contribution in [3.63, 3.8) is 0 Å². The number of nitrogens with two attached hydrogens (primary N) is 1. The van der Waals surface area contributed by atoms with Crippen molar-refractivity contribution in [1.29, 1.82) is 0 Å². The van der Waals surface area contributed by atoms with E-state index in [0.717, 1.165) is 0 Å². The number of hydrogen-bond acceptors (Lipinski definition) is 6. The maximum atomic E-state index is 12.9. The standard InChI is InChI=1S/C26H22N4O4/c1-2-34-26(33)21-16-28-30(24(21)27)19-14-12-18(13-15-19)25(32)29-22-11-7-6-10-20(22)23(31)17-8-4-3-5-9-17/h3-16H,2,27H2,1H3,(H,29,32). The molecule has 0 unspecified atom stereocenters. The number of amides is 1. The quantitative estimate of drug-likeness (QED) is 0.321. The molecular formula is C26H22N4O4. The number of esters is 1. The lowest BCUT2D eigenvalue weighted by Crippen LogP contribution is -2.15. The maximum Gasteiger partial charge on any atom is 0.343 e. The zero-order valence-corrected chi connectivity index (χ0v) is 18.4. The number of benzene rings is 3. The van der Waals surface area contributed by atoms with Crippen LogP contribution in [0, 0.1) is 0 Å². The first kappa shape index (κ1) is 22.5. The van der Waals surface area contributed by atoms with E-state index >= 15 is 0 Å². The van der Waals surface area contributed by atoms with Crippen molar-refractivity contribution in [2.24, 2.45) is 0 Å². The Morgan fingerprint density at radius 2 is 1.56 bits per heavy atom. The first-order valence-corrected chi connectivity index (χ1v) is 10.6. The summed E-state index contributed by atoms with van der Waals surface area (Å²) >= 11 is 0. The second-order valence-electron chi connectivity index (χ2n) is 7.32. The number of ketones is 1. The van der Waals surface area contributed by atoms with E-state index in [4.69, 9.17) is 10.5 Å². The zero-order valence-electron chi connectivity index (χ0n) is 18.4. The van der Waals surface area contributed by atoms with Gasteiger partial charge in [-0.2, -0.15) is 5.10 Å². The van der Waals surface area contributed by atoms with Gasteiger partial charge in [-0.15, -0.1) is 0 Å². The molecule has 0 atom stereocenters. The molecule has 0 aliphatic heterocycles. The van der Waals surface area contributed by atoms with Gasteiger partial charge >= 0.3 is 5.97 Å². The van der Waals surface area contributed by atoms with Crippen LogP contribution in [0.3, 0.4) is 0 Å². The van der Waals surface area contributed by atoms with Crippen LogP contribution in [-0.4, -0.2) is 34.0 Å². The average Bonchev–Trinajstić information content (AvgIpc) is 3.26. The predicted octanol–water partition coefficient (Wildman–Crippen LogP) is 4.11. The fraction of sp³-hybridized carbons (Fsp3) is 0.0769. The summed E-state index contributed by atoms with van der Waals surface area (Å²) in [5.74, 6) is -0.964. The molecule has 8 nitrogen and oxygen atoms in total. The highest BCUT2D eigenvalue weighted by Gasteiger charge is 2.18. The highest BCUT2D eigenvalue weighted by atomic mass is 16.5. The molecule has 4 rings (SSSR count). The second kappa shape index (κ2) is 9.83. The summed E-state index contributed by atoms with van der Waals surface area (Å²) < 4.78 is 6.36. The van der Waals surface area contributed by atoms with E-state index in [0.29, 0.717) is 28.1 Å². The molecule has 0 radical (unpaired) electrons. The Labute approximate surface area is 196 Å². The molecule has 0 spiro atoms. The Bertz CT molecular complexity index is 1340. The SMILES string of the molecule is CCOC(=O)c1cnn(-c2ccc(C(=O)Nc3ccccc3C(=O)c3ccccc3)cc2)c1N. The first-order valence-electron chi connectivity index (χ1n) is 10.6. The monoisotopic (exact) mass is 454 g/mol. The van der Waals surface area contributed by atoms with Gasteiger partial charge in [0.05, 0.1) is 24.2 Å². The number of aromatic nitrogens is 2. The van der Waals surface area contributed by atoms with E-state index in [-0.39, 0.29) is 29.7 Å². The van der Waals surface area contributed by atoms with Gasteiger partial charge in [-0.3, -0.25) is 9.59 Å². The molecule has 0 saturated carbocycles. The molecule has 0 aliphatic rings. The van der Waals surface area contributed by atoms with Gasteiger partial charge in [0, 0.05) is 16.7 Å². The number of nitrogens with zero attached hydrogens (tertiary/aromatic N) is 2. The third kappa shape index (κ3) is 4.56. The van der Waals surface area contributed by atoms with Gasteiger partial charge < -0.3 is 15.8 Å². The molecule has 0 aliphatic carbocycles. The van der Waals surface area contributed by atoms with Crippen molar-refractivity contribution in [2.45, 2.75) is 6.92 Å². The molecule has 0 fully saturated rings. The van der Waals surface area contributed by atoms with E-state index in [9.17, 15) is 14.4 Å².